The number of benzene rings is 1. The summed E-state index contributed by atoms with van der Waals surface area (Å²) in [6.45, 7) is 3.74. The molecule has 5 nitrogen and oxygen atoms in total. The molecule has 1 amide bonds. The molecule has 0 unspecified atom stereocenters. The van der Waals surface area contributed by atoms with E-state index >= 15 is 0 Å². The number of hydrogen-bond acceptors (Lipinski definition) is 2. The fraction of sp³-hybridized carbons (Fsp3) is 0.579. The van der Waals surface area contributed by atoms with Gasteiger partial charge in [-0.25, -0.2) is 9.38 Å². The van der Waals surface area contributed by atoms with Crippen LogP contribution >= 0.6 is 0 Å². The zero-order valence-electron chi connectivity index (χ0n) is 15.4. The lowest BCUT2D eigenvalue weighted by Crippen LogP contribution is -2.42. The van der Waals surface area contributed by atoms with E-state index in [-0.39, 0.29) is 23.7 Å². The Bertz CT molecular complexity index is 611. The number of unbranched alkanes of at least 4 members (excludes halogenated alkanes) is 1. The van der Waals surface area contributed by atoms with Crippen molar-refractivity contribution >= 4 is 11.9 Å². The summed E-state index contributed by atoms with van der Waals surface area (Å²) < 4.78 is 13.5. The molecule has 0 aliphatic heterocycles. The zero-order valence-corrected chi connectivity index (χ0v) is 15.4. The van der Waals surface area contributed by atoms with Crippen LogP contribution in [0.2, 0.25) is 0 Å². The lowest BCUT2D eigenvalue weighted by molar-refractivity contribution is -0.127. The Hall–Kier alpha value is -2.11. The molecule has 1 aliphatic rings. The van der Waals surface area contributed by atoms with Gasteiger partial charge in [0.15, 0.2) is 5.96 Å². The molecule has 1 aromatic carbocycles. The maximum Gasteiger partial charge on any atom is 0.243 e. The molecule has 1 saturated carbocycles. The molecule has 1 aromatic rings. The topological polar surface area (TPSA) is 56.7 Å². The predicted molar refractivity (Wildman–Crippen MR) is 99.2 cm³/mol. The normalized spacial score (nSPS) is 15.6. The van der Waals surface area contributed by atoms with Crippen molar-refractivity contribution in [3.8, 4) is 0 Å². The third-order valence-corrected chi connectivity index (χ3v) is 4.58. The van der Waals surface area contributed by atoms with Crippen LogP contribution in [0.4, 0.5) is 4.39 Å². The molecule has 138 valence electrons. The quantitative estimate of drug-likeness (QED) is 0.430. The molecule has 0 saturated heterocycles. The van der Waals surface area contributed by atoms with Crippen LogP contribution in [0.5, 0.6) is 0 Å². The van der Waals surface area contributed by atoms with Crippen molar-refractivity contribution in [2.75, 3.05) is 33.7 Å². The minimum absolute atomic E-state index is 0.0269. The summed E-state index contributed by atoms with van der Waals surface area (Å²) in [7, 11) is 3.44. The van der Waals surface area contributed by atoms with Crippen molar-refractivity contribution in [2.24, 2.45) is 4.99 Å². The van der Waals surface area contributed by atoms with E-state index in [2.05, 4.69) is 22.5 Å². The number of carbonyl (C=O) groups excluding carboxylic acids is 1. The smallest absolute Gasteiger partial charge is 0.243 e. The minimum Gasteiger partial charge on any atom is -0.356 e. The maximum absolute atomic E-state index is 13.5. The molecule has 1 aliphatic carbocycles. The highest BCUT2D eigenvalue weighted by Crippen LogP contribution is 2.47. The molecule has 25 heavy (non-hydrogen) atoms. The van der Waals surface area contributed by atoms with Crippen molar-refractivity contribution < 1.29 is 9.18 Å². The van der Waals surface area contributed by atoms with E-state index in [1.54, 1.807) is 26.2 Å². The average molecular weight is 348 g/mol. The van der Waals surface area contributed by atoms with E-state index in [9.17, 15) is 9.18 Å². The van der Waals surface area contributed by atoms with Gasteiger partial charge in [0.1, 0.15) is 12.4 Å². The van der Waals surface area contributed by atoms with Crippen molar-refractivity contribution in [3.05, 3.63) is 35.6 Å². The van der Waals surface area contributed by atoms with Crippen LogP contribution in [0.3, 0.4) is 0 Å². The van der Waals surface area contributed by atoms with Gasteiger partial charge in [-0.3, -0.25) is 4.79 Å². The van der Waals surface area contributed by atoms with Crippen molar-refractivity contribution in [1.82, 2.24) is 15.5 Å². The van der Waals surface area contributed by atoms with Gasteiger partial charge < -0.3 is 15.5 Å². The van der Waals surface area contributed by atoms with Crippen molar-refractivity contribution in [3.63, 3.8) is 0 Å². The third-order valence-electron chi connectivity index (χ3n) is 4.58. The number of carbonyl (C=O) groups is 1. The number of aliphatic imine (C=N–C) groups is 1. The van der Waals surface area contributed by atoms with Gasteiger partial charge in [-0.1, -0.05) is 25.5 Å². The zero-order chi connectivity index (χ0) is 18.3. The molecule has 0 spiro atoms. The average Bonchev–Trinajstić information content (AvgIpc) is 3.37. The molecule has 0 atom stereocenters. The Morgan fingerprint density at radius 1 is 1.32 bits per heavy atom. The maximum atomic E-state index is 13.5. The number of amides is 1. The first-order valence-electron chi connectivity index (χ1n) is 8.95. The van der Waals surface area contributed by atoms with Gasteiger partial charge in [-0.2, -0.15) is 0 Å². The van der Waals surface area contributed by atoms with Crippen LogP contribution in [0.15, 0.2) is 29.3 Å². The highest BCUT2D eigenvalue weighted by Gasteiger charge is 2.44. The van der Waals surface area contributed by atoms with Crippen molar-refractivity contribution in [1.29, 1.82) is 0 Å². The van der Waals surface area contributed by atoms with Crippen LogP contribution in [0, 0.1) is 5.82 Å². The molecule has 1 fully saturated rings. The number of halogens is 1. The monoisotopic (exact) mass is 348 g/mol. The summed E-state index contributed by atoms with van der Waals surface area (Å²) in [5, 5.41) is 6.61. The minimum atomic E-state index is -0.199. The number of rotatable bonds is 8. The first-order chi connectivity index (χ1) is 12.0. The standard InChI is InChI=1S/C19H29FN4O/c1-4-5-11-21-18(22-13-17(25)24(2)3)23-14-19(9-10-19)15-7-6-8-16(20)12-15/h6-8,12H,4-5,9-11,13-14H2,1-3H3,(H2,21,22,23). The highest BCUT2D eigenvalue weighted by atomic mass is 19.1. The largest absolute Gasteiger partial charge is 0.356 e. The SMILES string of the molecule is CCCCNC(=NCC(=O)N(C)C)NCC1(c2cccc(F)c2)CC1. The molecule has 2 N–H and O–H groups in total. The Labute approximate surface area is 149 Å². The summed E-state index contributed by atoms with van der Waals surface area (Å²) >= 11 is 0. The Morgan fingerprint density at radius 3 is 2.68 bits per heavy atom. The highest BCUT2D eigenvalue weighted by molar-refractivity contribution is 5.84. The van der Waals surface area contributed by atoms with Crippen molar-refractivity contribution in [2.45, 2.75) is 38.0 Å². The van der Waals surface area contributed by atoms with E-state index in [1.165, 1.54) is 11.0 Å². The fourth-order valence-electron chi connectivity index (χ4n) is 2.64. The Kier molecular flexibility index (Phi) is 6.79. The molecule has 0 heterocycles. The third kappa shape index (κ3) is 5.73. The van der Waals surface area contributed by atoms with Crippen LogP contribution in [0.1, 0.15) is 38.2 Å². The van der Waals surface area contributed by atoms with E-state index < -0.39 is 0 Å². The molecular formula is C19H29FN4O. The lowest BCUT2D eigenvalue weighted by Gasteiger charge is -2.19. The van der Waals surface area contributed by atoms with E-state index in [4.69, 9.17) is 0 Å². The van der Waals surface area contributed by atoms with E-state index in [0.717, 1.165) is 37.8 Å². The van der Waals surface area contributed by atoms with Gasteiger partial charge in [0.25, 0.3) is 0 Å². The summed E-state index contributed by atoms with van der Waals surface area (Å²) in [4.78, 5) is 17.7. The summed E-state index contributed by atoms with van der Waals surface area (Å²) in [5.74, 6) is 0.407. The van der Waals surface area contributed by atoms with Gasteiger partial charge >= 0.3 is 0 Å². The number of nitrogens with zero attached hydrogens (tertiary/aromatic N) is 2. The molecule has 0 radical (unpaired) electrons. The first kappa shape index (κ1) is 19.2. The molecule has 6 heteroatoms. The van der Waals surface area contributed by atoms with Crippen LogP contribution in [-0.4, -0.2) is 50.5 Å². The van der Waals surface area contributed by atoms with Crippen LogP contribution < -0.4 is 10.6 Å². The van der Waals surface area contributed by atoms with E-state index in [1.807, 2.05) is 6.07 Å². The van der Waals surface area contributed by atoms with Gasteiger partial charge in [0.05, 0.1) is 0 Å². The van der Waals surface area contributed by atoms with Gasteiger partial charge in [0, 0.05) is 32.6 Å². The first-order valence-corrected chi connectivity index (χ1v) is 8.95. The second-order valence-electron chi connectivity index (χ2n) is 6.88. The van der Waals surface area contributed by atoms with Crippen LogP contribution in [0.25, 0.3) is 0 Å². The van der Waals surface area contributed by atoms with Gasteiger partial charge in [-0.05, 0) is 37.0 Å². The Morgan fingerprint density at radius 2 is 2.08 bits per heavy atom. The van der Waals surface area contributed by atoms with E-state index in [0.29, 0.717) is 12.5 Å². The van der Waals surface area contributed by atoms with Gasteiger partial charge in [-0.15, -0.1) is 0 Å². The summed E-state index contributed by atoms with van der Waals surface area (Å²) in [6, 6.07) is 6.83. The Balaban J connectivity index is 1.98. The molecular weight excluding hydrogens is 319 g/mol. The number of hydrogen-bond donors (Lipinski definition) is 2. The predicted octanol–water partition coefficient (Wildman–Crippen LogP) is 2.28. The fourth-order valence-corrected chi connectivity index (χ4v) is 2.64. The van der Waals surface area contributed by atoms with Gasteiger partial charge in [0.2, 0.25) is 5.91 Å². The number of guanidine groups is 1. The summed E-state index contributed by atoms with van der Waals surface area (Å²) in [5.41, 5.74) is 0.998. The second-order valence-corrected chi connectivity index (χ2v) is 6.88. The molecule has 0 bridgehead atoms. The molecule has 0 aromatic heterocycles. The molecule has 2 rings (SSSR count). The number of nitrogens with one attached hydrogen (secondary N) is 2. The lowest BCUT2D eigenvalue weighted by atomic mass is 9.96. The summed E-state index contributed by atoms with van der Waals surface area (Å²) in [6.07, 6.45) is 4.19. The number of likely N-dealkylation sites (N-methyl/N-ethyl adjacent to an activating group) is 1. The van der Waals surface area contributed by atoms with Crippen LogP contribution in [-0.2, 0) is 10.2 Å². The second kappa shape index (κ2) is 8.83.